The second-order valence-electron chi connectivity index (χ2n) is 9.57. The fourth-order valence-corrected chi connectivity index (χ4v) is 5.42. The van der Waals surface area contributed by atoms with E-state index in [0.29, 0.717) is 23.1 Å². The summed E-state index contributed by atoms with van der Waals surface area (Å²) in [6, 6.07) is 12.5. The summed E-state index contributed by atoms with van der Waals surface area (Å²) in [5, 5.41) is 0.917. The summed E-state index contributed by atoms with van der Waals surface area (Å²) in [7, 11) is 3.30. The third-order valence-electron chi connectivity index (χ3n) is 6.95. The van der Waals surface area contributed by atoms with Crippen LogP contribution in [0.5, 0.6) is 11.5 Å². The fourth-order valence-electron chi connectivity index (χ4n) is 4.52. The van der Waals surface area contributed by atoms with Crippen molar-refractivity contribution in [3.05, 3.63) is 63.8 Å². The number of benzene rings is 2. The van der Waals surface area contributed by atoms with Gasteiger partial charge in [-0.15, -0.1) is 11.3 Å². The molecular weight excluding hydrogens is 456 g/mol. The summed E-state index contributed by atoms with van der Waals surface area (Å²) in [6.07, 6.45) is 4.01. The highest BCUT2D eigenvalue weighted by Gasteiger charge is 2.33. The highest BCUT2D eigenvalue weighted by atomic mass is 32.1. The molecule has 1 fully saturated rings. The monoisotopic (exact) mass is 492 g/mol. The maximum absolute atomic E-state index is 14.1. The number of ether oxygens (including phenoxy) is 2. The minimum atomic E-state index is 0.0433. The molecule has 0 bridgehead atoms. The van der Waals surface area contributed by atoms with E-state index in [1.165, 1.54) is 24.0 Å². The number of thiazole rings is 1. The second-order valence-corrected chi connectivity index (χ2v) is 10.8. The second kappa shape index (κ2) is 10.8. The summed E-state index contributed by atoms with van der Waals surface area (Å²) in [4.78, 5) is 21.9. The fraction of sp³-hybridized carbons (Fsp3) is 0.448. The third kappa shape index (κ3) is 5.69. The quantitative estimate of drug-likeness (QED) is 0.319. The summed E-state index contributed by atoms with van der Waals surface area (Å²) in [5.74, 6) is 2.06. The van der Waals surface area contributed by atoms with Gasteiger partial charge in [0.15, 0.2) is 11.5 Å². The third-order valence-corrected chi connectivity index (χ3v) is 7.97. The van der Waals surface area contributed by atoms with Gasteiger partial charge in [0.1, 0.15) is 5.69 Å². The van der Waals surface area contributed by atoms with Gasteiger partial charge in [-0.1, -0.05) is 31.2 Å². The van der Waals surface area contributed by atoms with E-state index in [2.05, 4.69) is 49.9 Å². The van der Waals surface area contributed by atoms with E-state index in [9.17, 15) is 4.79 Å². The van der Waals surface area contributed by atoms with E-state index >= 15 is 0 Å². The lowest BCUT2D eigenvalue weighted by Gasteiger charge is -2.31. The highest BCUT2D eigenvalue weighted by Crippen LogP contribution is 2.36. The Labute approximate surface area is 213 Å². The Morgan fingerprint density at radius 3 is 2.43 bits per heavy atom. The molecule has 5 nitrogen and oxygen atoms in total. The molecule has 1 heterocycles. The number of aryl methyl sites for hydroxylation is 3. The van der Waals surface area contributed by atoms with Crippen LogP contribution >= 0.6 is 11.3 Å². The van der Waals surface area contributed by atoms with E-state index in [-0.39, 0.29) is 11.9 Å². The molecule has 1 aliphatic rings. The normalized spacial score (nSPS) is 14.0. The van der Waals surface area contributed by atoms with Gasteiger partial charge in [-0.25, -0.2) is 4.98 Å². The van der Waals surface area contributed by atoms with E-state index < -0.39 is 0 Å². The molecule has 1 unspecified atom stereocenters. The van der Waals surface area contributed by atoms with Crippen molar-refractivity contribution in [3.8, 4) is 21.9 Å². The Balaban J connectivity index is 1.67. The zero-order valence-electron chi connectivity index (χ0n) is 21.7. The number of nitrogens with zero attached hydrogens (tertiary/aromatic N) is 2. The van der Waals surface area contributed by atoms with Gasteiger partial charge in [0.25, 0.3) is 5.91 Å². The van der Waals surface area contributed by atoms with Crippen LogP contribution in [-0.2, 0) is 6.42 Å². The zero-order chi connectivity index (χ0) is 25.1. The average molecular weight is 493 g/mol. The van der Waals surface area contributed by atoms with Crippen LogP contribution in [0.3, 0.4) is 0 Å². The van der Waals surface area contributed by atoms with Crippen LogP contribution in [0.2, 0.25) is 0 Å². The first-order valence-electron chi connectivity index (χ1n) is 12.4. The Morgan fingerprint density at radius 1 is 1.06 bits per heavy atom. The molecule has 1 amide bonds. The molecule has 6 heteroatoms. The molecule has 1 aliphatic carbocycles. The van der Waals surface area contributed by atoms with Gasteiger partial charge >= 0.3 is 0 Å². The van der Waals surface area contributed by atoms with E-state index in [1.807, 2.05) is 19.1 Å². The number of rotatable bonds is 10. The van der Waals surface area contributed by atoms with Gasteiger partial charge in [0.05, 0.1) is 24.1 Å². The lowest BCUT2D eigenvalue weighted by molar-refractivity contribution is 0.0656. The lowest BCUT2D eigenvalue weighted by Crippen LogP contribution is -2.43. The van der Waals surface area contributed by atoms with Gasteiger partial charge in [-0.2, -0.15) is 0 Å². The predicted octanol–water partition coefficient (Wildman–Crippen LogP) is 6.63. The van der Waals surface area contributed by atoms with Crippen molar-refractivity contribution in [2.75, 3.05) is 20.8 Å². The van der Waals surface area contributed by atoms with Crippen LogP contribution in [0.15, 0.2) is 36.4 Å². The first-order valence-corrected chi connectivity index (χ1v) is 13.2. The molecule has 186 valence electrons. The van der Waals surface area contributed by atoms with Crippen molar-refractivity contribution in [3.63, 3.8) is 0 Å². The molecule has 1 saturated carbocycles. The van der Waals surface area contributed by atoms with Crippen LogP contribution in [0.1, 0.15) is 58.4 Å². The van der Waals surface area contributed by atoms with Crippen molar-refractivity contribution in [2.24, 2.45) is 5.92 Å². The maximum Gasteiger partial charge on any atom is 0.274 e. The molecule has 3 aromatic rings. The highest BCUT2D eigenvalue weighted by molar-refractivity contribution is 7.15. The molecule has 4 rings (SSSR count). The van der Waals surface area contributed by atoms with Crippen LogP contribution in [0.4, 0.5) is 0 Å². The lowest BCUT2D eigenvalue weighted by atomic mass is 10.00. The van der Waals surface area contributed by atoms with Crippen LogP contribution in [-0.4, -0.2) is 42.6 Å². The molecule has 0 spiro atoms. The van der Waals surface area contributed by atoms with Gasteiger partial charge in [0.2, 0.25) is 0 Å². The van der Waals surface area contributed by atoms with Gasteiger partial charge in [-0.3, -0.25) is 4.79 Å². The molecule has 35 heavy (non-hydrogen) atoms. The van der Waals surface area contributed by atoms with Gasteiger partial charge < -0.3 is 14.4 Å². The van der Waals surface area contributed by atoms with Crippen LogP contribution < -0.4 is 9.47 Å². The Hall–Kier alpha value is -2.86. The van der Waals surface area contributed by atoms with Crippen molar-refractivity contribution >= 4 is 17.2 Å². The molecule has 0 N–H and O–H groups in total. The van der Waals surface area contributed by atoms with Crippen LogP contribution in [0, 0.1) is 26.7 Å². The number of carbonyl (C=O) groups excluding carboxylic acids is 1. The molecule has 0 saturated heterocycles. The summed E-state index contributed by atoms with van der Waals surface area (Å²) in [5.41, 5.74) is 5.26. The van der Waals surface area contributed by atoms with E-state index in [0.717, 1.165) is 40.4 Å². The topological polar surface area (TPSA) is 51.7 Å². The van der Waals surface area contributed by atoms with Crippen molar-refractivity contribution in [1.29, 1.82) is 0 Å². The largest absolute Gasteiger partial charge is 0.493 e. The number of hydrogen-bond acceptors (Lipinski definition) is 5. The number of methoxy groups -OCH3 is 2. The van der Waals surface area contributed by atoms with E-state index in [4.69, 9.17) is 14.5 Å². The first-order chi connectivity index (χ1) is 16.8. The molecule has 0 aliphatic heterocycles. The van der Waals surface area contributed by atoms with Crippen LogP contribution in [0.25, 0.3) is 10.4 Å². The van der Waals surface area contributed by atoms with Crippen molar-refractivity contribution in [2.45, 2.75) is 59.4 Å². The number of aromatic nitrogens is 1. The maximum atomic E-state index is 14.1. The predicted molar refractivity (Wildman–Crippen MR) is 143 cm³/mol. The number of hydrogen-bond donors (Lipinski definition) is 0. The molecule has 1 atom stereocenters. The summed E-state index contributed by atoms with van der Waals surface area (Å²) in [6.45, 7) is 9.16. The smallest absolute Gasteiger partial charge is 0.274 e. The van der Waals surface area contributed by atoms with Crippen molar-refractivity contribution < 1.29 is 14.3 Å². The standard InChI is InChI=1S/C29H36N2O3S/c1-7-24(15-22-11-13-25(33-5)26(16-22)34-6)31(17-21-9-10-21)29(32)27-28(35-20(4)30-27)23-12-8-18(2)19(3)14-23/h8,11-14,16,21,24H,7,9-10,15,17H2,1-6H3. The Bertz CT molecular complexity index is 1200. The van der Waals surface area contributed by atoms with Crippen molar-refractivity contribution in [1.82, 2.24) is 9.88 Å². The van der Waals surface area contributed by atoms with Gasteiger partial charge in [0, 0.05) is 12.6 Å². The minimum absolute atomic E-state index is 0.0433. The SMILES string of the molecule is CCC(Cc1ccc(OC)c(OC)c1)N(CC1CC1)C(=O)c1nc(C)sc1-c1ccc(C)c(C)c1. The Kier molecular flexibility index (Phi) is 7.80. The summed E-state index contributed by atoms with van der Waals surface area (Å²) >= 11 is 1.61. The van der Waals surface area contributed by atoms with Gasteiger partial charge in [-0.05, 0) is 86.8 Å². The molecular formula is C29H36N2O3S. The Morgan fingerprint density at radius 2 is 1.80 bits per heavy atom. The molecule has 1 aromatic heterocycles. The first kappa shape index (κ1) is 25.2. The number of carbonyl (C=O) groups is 1. The molecule has 2 aromatic carbocycles. The number of amides is 1. The molecule has 0 radical (unpaired) electrons. The zero-order valence-corrected chi connectivity index (χ0v) is 22.5. The minimum Gasteiger partial charge on any atom is -0.493 e. The summed E-state index contributed by atoms with van der Waals surface area (Å²) < 4.78 is 10.9. The average Bonchev–Trinajstić information content (AvgIpc) is 3.60. The van der Waals surface area contributed by atoms with E-state index in [1.54, 1.807) is 25.6 Å².